The van der Waals surface area contributed by atoms with Gasteiger partial charge in [0.05, 0.1) is 42.4 Å². The average Bonchev–Trinajstić information content (AvgIpc) is 3.48. The van der Waals surface area contributed by atoms with E-state index in [1.807, 2.05) is 48.3 Å². The normalized spacial score (nSPS) is 20.2. The van der Waals surface area contributed by atoms with E-state index in [1.54, 1.807) is 50.2 Å². The van der Waals surface area contributed by atoms with Gasteiger partial charge < -0.3 is 28.6 Å². The monoisotopic (exact) mass is 845 g/mol. The molecular formula is C46H51N7O9. The number of nitrogens with zero attached hydrogens (tertiary/aromatic N) is 6. The number of hydrogen-bond donors (Lipinski definition) is 1. The summed E-state index contributed by atoms with van der Waals surface area (Å²) in [6.07, 6.45) is 7.62. The number of nitrogens with one attached hydrogen (secondary N) is 1. The molecule has 1 atom stereocenters. The van der Waals surface area contributed by atoms with Gasteiger partial charge in [-0.25, -0.2) is 4.98 Å². The summed E-state index contributed by atoms with van der Waals surface area (Å²) in [5.41, 5.74) is 3.06. The van der Waals surface area contributed by atoms with Crippen molar-refractivity contribution in [3.8, 4) is 28.4 Å². The van der Waals surface area contributed by atoms with Crippen molar-refractivity contribution in [3.05, 3.63) is 75.8 Å². The van der Waals surface area contributed by atoms with Crippen LogP contribution < -0.4 is 30.0 Å². The molecule has 4 aromatic rings. The Kier molecular flexibility index (Phi) is 10.5. The lowest BCUT2D eigenvalue weighted by Gasteiger charge is -2.52. The Balaban J connectivity index is 0.762. The van der Waals surface area contributed by atoms with E-state index in [1.165, 1.54) is 0 Å². The number of likely N-dealkylation sites (tertiary alicyclic amines) is 2. The van der Waals surface area contributed by atoms with E-state index in [2.05, 4.69) is 15.2 Å². The van der Waals surface area contributed by atoms with Crippen LogP contribution in [0.1, 0.15) is 71.2 Å². The Hall–Kier alpha value is -6.29. The van der Waals surface area contributed by atoms with E-state index in [0.29, 0.717) is 48.7 Å². The number of carbonyl (C=O) groups is 5. The molecule has 4 aliphatic heterocycles. The fourth-order valence-corrected chi connectivity index (χ4v) is 10.00. The van der Waals surface area contributed by atoms with Crippen molar-refractivity contribution in [1.82, 2.24) is 29.6 Å². The number of benzene rings is 2. The summed E-state index contributed by atoms with van der Waals surface area (Å²) in [7, 11) is 8.86. The van der Waals surface area contributed by atoms with Crippen molar-refractivity contribution in [2.75, 3.05) is 59.4 Å². The van der Waals surface area contributed by atoms with E-state index in [9.17, 15) is 28.8 Å². The number of anilines is 1. The molecular weight excluding hydrogens is 795 g/mol. The predicted molar refractivity (Wildman–Crippen MR) is 228 cm³/mol. The fourth-order valence-electron chi connectivity index (χ4n) is 10.00. The third kappa shape index (κ3) is 7.33. The summed E-state index contributed by atoms with van der Waals surface area (Å²) in [6.45, 7) is 3.62. The summed E-state index contributed by atoms with van der Waals surface area (Å²) in [4.78, 5) is 88.5. The first-order valence-corrected chi connectivity index (χ1v) is 21.2. The quantitative estimate of drug-likeness (QED) is 0.217. The van der Waals surface area contributed by atoms with Gasteiger partial charge in [-0.05, 0) is 85.4 Å². The molecule has 16 heteroatoms. The number of rotatable bonds is 11. The number of imide groups is 2. The second-order valence-corrected chi connectivity index (χ2v) is 17.7. The van der Waals surface area contributed by atoms with Crippen LogP contribution in [0.2, 0.25) is 0 Å². The SMILES string of the molecule is COc1cc(-c2cn(C)c(=O)c3cnc(N(C)C)cc23)cc(OC)c1CN1CC(CC(=O)N2CCC3(CC2)CC(Oc2ccc4c(c2)C(=O)N(C2CCC(=O)NC2=O)C4=O)C3)C1. The number of piperidine rings is 2. The molecule has 5 amide bonds. The number of carbonyl (C=O) groups excluding carboxylic acids is 5. The molecule has 2 aromatic carbocycles. The first-order chi connectivity index (χ1) is 29.7. The molecule has 1 unspecified atom stereocenters. The van der Waals surface area contributed by atoms with Gasteiger partial charge in [0.2, 0.25) is 17.7 Å². The number of aryl methyl sites for hydroxylation is 1. The van der Waals surface area contributed by atoms with Crippen molar-refractivity contribution in [3.63, 3.8) is 0 Å². The summed E-state index contributed by atoms with van der Waals surface area (Å²) in [5.74, 6) is 0.917. The second-order valence-electron chi connectivity index (χ2n) is 17.7. The van der Waals surface area contributed by atoms with Crippen LogP contribution >= 0.6 is 0 Å². The molecule has 1 saturated carbocycles. The third-order valence-electron chi connectivity index (χ3n) is 13.5. The molecule has 1 aliphatic carbocycles. The van der Waals surface area contributed by atoms with Crippen molar-refractivity contribution in [2.45, 2.75) is 63.6 Å². The molecule has 0 bridgehead atoms. The van der Waals surface area contributed by atoms with E-state index in [4.69, 9.17) is 14.2 Å². The lowest BCUT2D eigenvalue weighted by Crippen LogP contribution is -2.54. The Morgan fingerprint density at radius 2 is 1.60 bits per heavy atom. The minimum absolute atomic E-state index is 0.0366. The molecule has 2 aromatic heterocycles. The van der Waals surface area contributed by atoms with Crippen LogP contribution in [0.5, 0.6) is 17.2 Å². The molecule has 0 radical (unpaired) electrons. The molecule has 4 fully saturated rings. The highest BCUT2D eigenvalue weighted by Crippen LogP contribution is 2.51. The minimum Gasteiger partial charge on any atom is -0.496 e. The molecule has 1 N–H and O–H groups in total. The Morgan fingerprint density at radius 3 is 2.26 bits per heavy atom. The molecule has 5 aliphatic rings. The summed E-state index contributed by atoms with van der Waals surface area (Å²) < 4.78 is 19.7. The highest BCUT2D eigenvalue weighted by molar-refractivity contribution is 6.23. The van der Waals surface area contributed by atoms with Crippen molar-refractivity contribution >= 4 is 46.1 Å². The molecule has 1 spiro atoms. The Morgan fingerprint density at radius 1 is 0.903 bits per heavy atom. The lowest BCUT2D eigenvalue weighted by molar-refractivity contribution is -0.139. The summed E-state index contributed by atoms with van der Waals surface area (Å²) in [6, 6.07) is 9.74. The maximum Gasteiger partial charge on any atom is 0.262 e. The lowest BCUT2D eigenvalue weighted by atomic mass is 9.61. The number of methoxy groups -OCH3 is 2. The van der Waals surface area contributed by atoms with Gasteiger partial charge in [-0.1, -0.05) is 0 Å². The zero-order chi connectivity index (χ0) is 43.6. The Bertz CT molecular complexity index is 2560. The summed E-state index contributed by atoms with van der Waals surface area (Å²) >= 11 is 0. The molecule has 324 valence electrons. The standard InChI is InChI=1S/C46H51N7O9/c1-49(2)39-18-31-33(21-47-39)43(57)50(3)24-34(31)27-15-37(60-4)35(38(16-27)61-5)25-51-22-26(23-51)14-41(55)52-12-10-46(11-13-52)19-29(20-46)62-28-6-7-30-32(17-28)45(59)53(44(30)58)36-8-9-40(54)48-42(36)56/h6-7,15-18,21,24,26,29,36H,8-14,19-20,22-23,25H2,1-5H3,(H,48,54,56). The molecule has 9 rings (SSSR count). The van der Waals surface area contributed by atoms with Gasteiger partial charge in [-0.3, -0.25) is 43.9 Å². The van der Waals surface area contributed by atoms with Gasteiger partial charge in [-0.2, -0.15) is 0 Å². The van der Waals surface area contributed by atoms with E-state index < -0.39 is 29.7 Å². The predicted octanol–water partition coefficient (Wildman–Crippen LogP) is 3.76. The van der Waals surface area contributed by atoms with Gasteiger partial charge in [0, 0.05) is 90.1 Å². The van der Waals surface area contributed by atoms with E-state index in [-0.39, 0.29) is 52.9 Å². The van der Waals surface area contributed by atoms with Gasteiger partial charge in [0.25, 0.3) is 17.4 Å². The van der Waals surface area contributed by atoms with Crippen LogP contribution in [0.3, 0.4) is 0 Å². The van der Waals surface area contributed by atoms with Crippen molar-refractivity contribution in [1.29, 1.82) is 0 Å². The van der Waals surface area contributed by atoms with Gasteiger partial charge in [0.15, 0.2) is 0 Å². The van der Waals surface area contributed by atoms with Crippen LogP contribution in [0.4, 0.5) is 5.82 Å². The number of fused-ring (bicyclic) bond motifs is 2. The smallest absolute Gasteiger partial charge is 0.262 e. The van der Waals surface area contributed by atoms with Gasteiger partial charge >= 0.3 is 0 Å². The zero-order valence-corrected chi connectivity index (χ0v) is 35.7. The molecule has 16 nitrogen and oxygen atoms in total. The zero-order valence-electron chi connectivity index (χ0n) is 35.7. The Labute approximate surface area is 358 Å². The first-order valence-electron chi connectivity index (χ1n) is 21.2. The van der Waals surface area contributed by atoms with Crippen LogP contribution in [-0.4, -0.2) is 120 Å². The first kappa shape index (κ1) is 41.1. The largest absolute Gasteiger partial charge is 0.496 e. The average molecular weight is 846 g/mol. The van der Waals surface area contributed by atoms with Gasteiger partial charge in [0.1, 0.15) is 29.1 Å². The van der Waals surface area contributed by atoms with Crippen molar-refractivity contribution < 1.29 is 38.2 Å². The van der Waals surface area contributed by atoms with Crippen LogP contribution in [-0.2, 0) is 28.0 Å². The topological polar surface area (TPSA) is 173 Å². The second kappa shape index (κ2) is 15.9. The fraction of sp³-hybridized carbons (Fsp3) is 0.457. The number of hydrogen-bond acceptors (Lipinski definition) is 12. The van der Waals surface area contributed by atoms with E-state index >= 15 is 0 Å². The third-order valence-corrected chi connectivity index (χ3v) is 13.5. The van der Waals surface area contributed by atoms with Crippen LogP contribution in [0.15, 0.2) is 53.6 Å². The van der Waals surface area contributed by atoms with Crippen LogP contribution in [0.25, 0.3) is 21.9 Å². The maximum absolute atomic E-state index is 13.5. The highest BCUT2D eigenvalue weighted by atomic mass is 16.5. The molecule has 3 saturated heterocycles. The molecule has 62 heavy (non-hydrogen) atoms. The summed E-state index contributed by atoms with van der Waals surface area (Å²) in [5, 5.41) is 3.54. The number of aromatic nitrogens is 2. The highest BCUT2D eigenvalue weighted by Gasteiger charge is 2.49. The number of pyridine rings is 2. The van der Waals surface area contributed by atoms with Gasteiger partial charge in [-0.15, -0.1) is 0 Å². The number of ether oxygens (including phenoxy) is 3. The van der Waals surface area contributed by atoms with E-state index in [0.717, 1.165) is 71.6 Å². The van der Waals surface area contributed by atoms with Crippen LogP contribution in [0, 0.1) is 11.3 Å². The number of amides is 5. The maximum atomic E-state index is 13.5. The minimum atomic E-state index is -1.01. The molecule has 6 heterocycles. The van der Waals surface area contributed by atoms with Crippen molar-refractivity contribution in [2.24, 2.45) is 18.4 Å².